The van der Waals surface area contributed by atoms with Crippen LogP contribution < -0.4 is 10.6 Å². The zero-order valence-electron chi connectivity index (χ0n) is 12.3. The van der Waals surface area contributed by atoms with Gasteiger partial charge in [-0.25, -0.2) is 0 Å². The SMILES string of the molecule is CCC(C)C(C)Nc1ccc([N+](=O)[O-])cc1C(=O)NC. The summed E-state index contributed by atoms with van der Waals surface area (Å²) in [6.45, 7) is 6.24. The van der Waals surface area contributed by atoms with Gasteiger partial charge >= 0.3 is 0 Å². The van der Waals surface area contributed by atoms with Crippen LogP contribution in [0.2, 0.25) is 0 Å². The van der Waals surface area contributed by atoms with Gasteiger partial charge in [-0.05, 0) is 18.9 Å². The maximum Gasteiger partial charge on any atom is 0.270 e. The molecule has 0 aliphatic rings. The highest BCUT2D eigenvalue weighted by atomic mass is 16.6. The van der Waals surface area contributed by atoms with Crippen LogP contribution in [0.25, 0.3) is 0 Å². The van der Waals surface area contributed by atoms with Crippen LogP contribution in [0.4, 0.5) is 11.4 Å². The molecule has 2 atom stereocenters. The van der Waals surface area contributed by atoms with Gasteiger partial charge in [0.05, 0.1) is 10.5 Å². The second-order valence-corrected chi connectivity index (χ2v) is 4.88. The molecular formula is C14H21N3O3. The highest BCUT2D eigenvalue weighted by molar-refractivity contribution is 6.00. The molecule has 2 N–H and O–H groups in total. The molecule has 0 saturated carbocycles. The number of amides is 1. The molecule has 1 aromatic rings. The van der Waals surface area contributed by atoms with E-state index in [1.165, 1.54) is 19.2 Å². The molecule has 0 radical (unpaired) electrons. The van der Waals surface area contributed by atoms with Gasteiger partial charge in [0.1, 0.15) is 0 Å². The number of non-ortho nitro benzene ring substituents is 1. The smallest absolute Gasteiger partial charge is 0.270 e. The van der Waals surface area contributed by atoms with Gasteiger partial charge in [-0.15, -0.1) is 0 Å². The van der Waals surface area contributed by atoms with Crippen LogP contribution in [0.15, 0.2) is 18.2 Å². The highest BCUT2D eigenvalue weighted by Crippen LogP contribution is 2.24. The number of hydrogen-bond acceptors (Lipinski definition) is 4. The maximum atomic E-state index is 11.9. The Morgan fingerprint density at radius 2 is 2.05 bits per heavy atom. The third-order valence-corrected chi connectivity index (χ3v) is 3.57. The van der Waals surface area contributed by atoms with Crippen molar-refractivity contribution in [2.45, 2.75) is 33.2 Å². The molecule has 110 valence electrons. The average molecular weight is 279 g/mol. The molecule has 0 aliphatic heterocycles. The molecule has 0 spiro atoms. The fourth-order valence-electron chi connectivity index (χ4n) is 1.84. The fraction of sp³-hybridized carbons (Fsp3) is 0.500. The lowest BCUT2D eigenvalue weighted by Crippen LogP contribution is -2.26. The number of nitro groups is 1. The quantitative estimate of drug-likeness (QED) is 0.619. The lowest BCUT2D eigenvalue weighted by atomic mass is 10.00. The zero-order valence-corrected chi connectivity index (χ0v) is 12.3. The van der Waals surface area contributed by atoms with Crippen molar-refractivity contribution in [2.75, 3.05) is 12.4 Å². The second kappa shape index (κ2) is 6.88. The highest BCUT2D eigenvalue weighted by Gasteiger charge is 2.18. The summed E-state index contributed by atoms with van der Waals surface area (Å²) < 4.78 is 0. The van der Waals surface area contributed by atoms with E-state index in [2.05, 4.69) is 24.5 Å². The summed E-state index contributed by atoms with van der Waals surface area (Å²) in [4.78, 5) is 22.2. The third kappa shape index (κ3) is 3.69. The standard InChI is InChI=1S/C14H21N3O3/c1-5-9(2)10(3)16-13-7-6-11(17(19)20)8-12(13)14(18)15-4/h6-10,16H,5H2,1-4H3,(H,15,18). The minimum absolute atomic E-state index is 0.0923. The van der Waals surface area contributed by atoms with Crippen molar-refractivity contribution in [2.24, 2.45) is 5.92 Å². The van der Waals surface area contributed by atoms with E-state index >= 15 is 0 Å². The van der Waals surface area contributed by atoms with Crippen molar-refractivity contribution in [3.63, 3.8) is 0 Å². The van der Waals surface area contributed by atoms with Crippen molar-refractivity contribution in [1.29, 1.82) is 0 Å². The molecule has 1 aromatic carbocycles. The molecular weight excluding hydrogens is 258 g/mol. The molecule has 0 aliphatic carbocycles. The van der Waals surface area contributed by atoms with Gasteiger partial charge in [0.2, 0.25) is 0 Å². The number of carbonyl (C=O) groups excluding carboxylic acids is 1. The van der Waals surface area contributed by atoms with E-state index in [0.717, 1.165) is 6.42 Å². The van der Waals surface area contributed by atoms with Crippen molar-refractivity contribution >= 4 is 17.3 Å². The molecule has 20 heavy (non-hydrogen) atoms. The van der Waals surface area contributed by atoms with Gasteiger partial charge in [-0.1, -0.05) is 20.3 Å². The molecule has 0 heterocycles. The summed E-state index contributed by atoms with van der Waals surface area (Å²) in [5.74, 6) is 0.0929. The van der Waals surface area contributed by atoms with Crippen LogP contribution >= 0.6 is 0 Å². The first-order valence-electron chi connectivity index (χ1n) is 6.67. The second-order valence-electron chi connectivity index (χ2n) is 4.88. The van der Waals surface area contributed by atoms with Gasteiger partial charge in [-0.3, -0.25) is 14.9 Å². The molecule has 0 aromatic heterocycles. The van der Waals surface area contributed by atoms with Crippen LogP contribution in [-0.4, -0.2) is 23.9 Å². The molecule has 0 fully saturated rings. The normalized spacial score (nSPS) is 13.4. The lowest BCUT2D eigenvalue weighted by Gasteiger charge is -2.22. The number of rotatable bonds is 6. The van der Waals surface area contributed by atoms with Gasteiger partial charge < -0.3 is 10.6 Å². The Labute approximate surface area is 118 Å². The molecule has 6 heteroatoms. The Kier molecular flexibility index (Phi) is 5.49. The van der Waals surface area contributed by atoms with Gasteiger partial charge in [-0.2, -0.15) is 0 Å². The maximum absolute atomic E-state index is 11.9. The van der Waals surface area contributed by atoms with Gasteiger partial charge in [0.15, 0.2) is 0 Å². The molecule has 0 bridgehead atoms. The van der Waals surface area contributed by atoms with E-state index in [-0.39, 0.29) is 23.2 Å². The first-order chi connectivity index (χ1) is 9.40. The largest absolute Gasteiger partial charge is 0.382 e. The Hall–Kier alpha value is -2.11. The van der Waals surface area contributed by atoms with E-state index in [9.17, 15) is 14.9 Å². The van der Waals surface area contributed by atoms with Gasteiger partial charge in [0.25, 0.3) is 11.6 Å². The fourth-order valence-corrected chi connectivity index (χ4v) is 1.84. The molecule has 0 saturated heterocycles. The number of nitro benzene ring substituents is 1. The van der Waals surface area contributed by atoms with Crippen molar-refractivity contribution in [1.82, 2.24) is 5.32 Å². The molecule has 1 amide bonds. The molecule has 2 unspecified atom stereocenters. The number of hydrogen-bond donors (Lipinski definition) is 2. The Balaban J connectivity index is 3.12. The zero-order chi connectivity index (χ0) is 15.3. The van der Waals surface area contributed by atoms with E-state index in [1.807, 2.05) is 6.92 Å². The number of carbonyl (C=O) groups is 1. The van der Waals surface area contributed by atoms with Crippen molar-refractivity contribution in [3.8, 4) is 0 Å². The summed E-state index contributed by atoms with van der Waals surface area (Å²) in [6, 6.07) is 4.45. The van der Waals surface area contributed by atoms with Crippen LogP contribution in [0.1, 0.15) is 37.6 Å². The van der Waals surface area contributed by atoms with Crippen LogP contribution in [0.5, 0.6) is 0 Å². The monoisotopic (exact) mass is 279 g/mol. The summed E-state index contributed by atoms with van der Waals surface area (Å²) in [7, 11) is 1.50. The predicted octanol–water partition coefficient (Wildman–Crippen LogP) is 2.80. The van der Waals surface area contributed by atoms with Crippen LogP contribution in [0, 0.1) is 16.0 Å². The number of benzene rings is 1. The summed E-state index contributed by atoms with van der Waals surface area (Å²) in [6.07, 6.45) is 1.01. The van der Waals surface area contributed by atoms with Crippen LogP contribution in [-0.2, 0) is 0 Å². The van der Waals surface area contributed by atoms with Crippen molar-refractivity contribution < 1.29 is 9.72 Å². The van der Waals surface area contributed by atoms with E-state index in [1.54, 1.807) is 6.07 Å². The topological polar surface area (TPSA) is 84.3 Å². The minimum Gasteiger partial charge on any atom is -0.382 e. The average Bonchev–Trinajstić information content (AvgIpc) is 2.45. The van der Waals surface area contributed by atoms with Crippen molar-refractivity contribution in [3.05, 3.63) is 33.9 Å². The summed E-state index contributed by atoms with van der Waals surface area (Å²) in [5, 5.41) is 16.6. The summed E-state index contributed by atoms with van der Waals surface area (Å²) in [5.41, 5.74) is 0.810. The molecule has 1 rings (SSSR count). The van der Waals surface area contributed by atoms with Crippen LogP contribution in [0.3, 0.4) is 0 Å². The first-order valence-corrected chi connectivity index (χ1v) is 6.67. The third-order valence-electron chi connectivity index (χ3n) is 3.57. The molecule has 6 nitrogen and oxygen atoms in total. The lowest BCUT2D eigenvalue weighted by molar-refractivity contribution is -0.384. The number of anilines is 1. The first kappa shape index (κ1) is 15.9. The Morgan fingerprint density at radius 1 is 1.40 bits per heavy atom. The van der Waals surface area contributed by atoms with Gasteiger partial charge in [0, 0.05) is 30.9 Å². The van der Waals surface area contributed by atoms with E-state index < -0.39 is 4.92 Å². The minimum atomic E-state index is -0.506. The number of nitrogens with zero attached hydrogens (tertiary/aromatic N) is 1. The summed E-state index contributed by atoms with van der Waals surface area (Å²) >= 11 is 0. The Bertz CT molecular complexity index is 502. The van der Waals surface area contributed by atoms with E-state index in [0.29, 0.717) is 11.6 Å². The number of nitrogens with one attached hydrogen (secondary N) is 2. The Morgan fingerprint density at radius 3 is 2.55 bits per heavy atom. The predicted molar refractivity (Wildman–Crippen MR) is 79.0 cm³/mol. The van der Waals surface area contributed by atoms with E-state index in [4.69, 9.17) is 0 Å².